The molecule has 0 saturated heterocycles. The SMILES string of the molecule is C=C1Oc2ccccc2-c2c1cnn2CC(=O)Cc1ccc2ncccc2c1. The maximum absolute atomic E-state index is 12.8. The summed E-state index contributed by atoms with van der Waals surface area (Å²) in [5.41, 5.74) is 4.52. The Morgan fingerprint density at radius 2 is 1.96 bits per heavy atom. The highest BCUT2D eigenvalue weighted by Gasteiger charge is 2.25. The van der Waals surface area contributed by atoms with E-state index in [2.05, 4.69) is 16.7 Å². The van der Waals surface area contributed by atoms with Gasteiger partial charge in [-0.3, -0.25) is 14.5 Å². The van der Waals surface area contributed by atoms with Crippen LogP contribution in [0.4, 0.5) is 0 Å². The van der Waals surface area contributed by atoms with Crippen LogP contribution in [0.2, 0.25) is 0 Å². The molecule has 1 aliphatic heterocycles. The lowest BCUT2D eigenvalue weighted by molar-refractivity contribution is -0.119. The van der Waals surface area contributed by atoms with Crippen LogP contribution in [0.15, 0.2) is 73.6 Å². The molecule has 0 amide bonds. The summed E-state index contributed by atoms with van der Waals surface area (Å²) < 4.78 is 7.52. The number of hydrogen-bond acceptors (Lipinski definition) is 4. The Bertz CT molecular complexity index is 1240. The predicted molar refractivity (Wildman–Crippen MR) is 108 cm³/mol. The number of aromatic nitrogens is 3. The molecule has 0 radical (unpaired) electrons. The Labute approximate surface area is 161 Å². The average molecular weight is 367 g/mol. The van der Waals surface area contributed by atoms with E-state index in [0.717, 1.165) is 39.0 Å². The van der Waals surface area contributed by atoms with E-state index < -0.39 is 0 Å². The summed E-state index contributed by atoms with van der Waals surface area (Å²) in [6.07, 6.45) is 3.82. The standard InChI is InChI=1S/C23H17N3O2/c1-15-20-13-25-26(23(20)19-6-2-3-7-22(19)28-15)14-18(27)12-16-8-9-21-17(11-16)5-4-10-24-21/h2-11,13H,1,12,14H2. The number of Topliss-reactive ketones (excluding diaryl/α,β-unsaturated/α-hetero) is 1. The number of fused-ring (bicyclic) bond motifs is 4. The molecular formula is C23H17N3O2. The highest BCUT2D eigenvalue weighted by Crippen LogP contribution is 2.41. The molecule has 5 heteroatoms. The predicted octanol–water partition coefficient (Wildman–Crippen LogP) is 4.27. The van der Waals surface area contributed by atoms with Gasteiger partial charge in [-0.15, -0.1) is 0 Å². The third-order valence-corrected chi connectivity index (χ3v) is 4.91. The number of rotatable bonds is 4. The highest BCUT2D eigenvalue weighted by atomic mass is 16.5. The lowest BCUT2D eigenvalue weighted by Crippen LogP contribution is -2.16. The van der Waals surface area contributed by atoms with E-state index >= 15 is 0 Å². The maximum atomic E-state index is 12.8. The molecule has 0 bridgehead atoms. The van der Waals surface area contributed by atoms with Crippen LogP contribution in [0.3, 0.4) is 0 Å². The van der Waals surface area contributed by atoms with Crippen molar-refractivity contribution in [1.29, 1.82) is 0 Å². The molecule has 2 aromatic heterocycles. The van der Waals surface area contributed by atoms with E-state index in [0.29, 0.717) is 12.2 Å². The summed E-state index contributed by atoms with van der Waals surface area (Å²) in [5, 5.41) is 5.46. The molecule has 136 valence electrons. The first kappa shape index (κ1) is 16.4. The van der Waals surface area contributed by atoms with Crippen molar-refractivity contribution in [3.63, 3.8) is 0 Å². The van der Waals surface area contributed by atoms with Crippen molar-refractivity contribution in [1.82, 2.24) is 14.8 Å². The fraction of sp³-hybridized carbons (Fsp3) is 0.0870. The molecule has 5 nitrogen and oxygen atoms in total. The Morgan fingerprint density at radius 1 is 1.07 bits per heavy atom. The van der Waals surface area contributed by atoms with Gasteiger partial charge in [0.1, 0.15) is 18.1 Å². The number of ether oxygens (including phenoxy) is 1. The molecule has 0 spiro atoms. The minimum Gasteiger partial charge on any atom is -0.457 e. The number of pyridine rings is 1. The van der Waals surface area contributed by atoms with E-state index in [9.17, 15) is 4.79 Å². The van der Waals surface area contributed by atoms with E-state index in [1.807, 2.05) is 54.6 Å². The second kappa shape index (κ2) is 6.46. The summed E-state index contributed by atoms with van der Waals surface area (Å²) in [4.78, 5) is 17.1. The molecule has 2 aromatic carbocycles. The monoisotopic (exact) mass is 367 g/mol. The van der Waals surface area contributed by atoms with Crippen molar-refractivity contribution >= 4 is 22.4 Å². The lowest BCUT2D eigenvalue weighted by atomic mass is 10.0. The largest absolute Gasteiger partial charge is 0.457 e. The summed E-state index contributed by atoms with van der Waals surface area (Å²) >= 11 is 0. The number of carbonyl (C=O) groups is 1. The topological polar surface area (TPSA) is 57.0 Å². The van der Waals surface area contributed by atoms with Crippen LogP contribution in [-0.2, 0) is 17.8 Å². The van der Waals surface area contributed by atoms with Crippen molar-refractivity contribution in [2.75, 3.05) is 0 Å². The summed E-state index contributed by atoms with van der Waals surface area (Å²) in [6.45, 7) is 4.17. The quantitative estimate of drug-likeness (QED) is 0.540. The van der Waals surface area contributed by atoms with Gasteiger partial charge in [-0.25, -0.2) is 0 Å². The molecule has 0 unspecified atom stereocenters. The first-order valence-electron chi connectivity index (χ1n) is 9.07. The van der Waals surface area contributed by atoms with Crippen LogP contribution in [0.25, 0.3) is 27.9 Å². The molecule has 0 aliphatic carbocycles. The van der Waals surface area contributed by atoms with Crippen LogP contribution in [0.1, 0.15) is 11.1 Å². The van der Waals surface area contributed by atoms with Gasteiger partial charge in [0.2, 0.25) is 0 Å². The number of nitrogens with zero attached hydrogens (tertiary/aromatic N) is 3. The highest BCUT2D eigenvalue weighted by molar-refractivity contribution is 5.87. The van der Waals surface area contributed by atoms with Crippen molar-refractivity contribution in [3.8, 4) is 17.0 Å². The number of para-hydroxylation sites is 1. The number of ketones is 1. The first-order valence-corrected chi connectivity index (χ1v) is 9.07. The van der Waals surface area contributed by atoms with Crippen LogP contribution in [-0.4, -0.2) is 20.5 Å². The number of hydrogen-bond donors (Lipinski definition) is 0. The first-order chi connectivity index (χ1) is 13.7. The minimum atomic E-state index is 0.0868. The normalized spacial score (nSPS) is 12.4. The fourth-order valence-corrected chi connectivity index (χ4v) is 3.62. The third-order valence-electron chi connectivity index (χ3n) is 4.91. The van der Waals surface area contributed by atoms with E-state index in [1.165, 1.54) is 0 Å². The molecule has 0 saturated carbocycles. The summed E-state index contributed by atoms with van der Waals surface area (Å²) in [5.74, 6) is 1.37. The van der Waals surface area contributed by atoms with Gasteiger partial charge < -0.3 is 4.74 Å². The van der Waals surface area contributed by atoms with Gasteiger partial charge in [-0.2, -0.15) is 5.10 Å². The zero-order valence-corrected chi connectivity index (χ0v) is 15.1. The third kappa shape index (κ3) is 2.77. The van der Waals surface area contributed by atoms with Crippen LogP contribution < -0.4 is 4.74 Å². The molecule has 5 rings (SSSR count). The molecule has 1 aliphatic rings. The Kier molecular flexibility index (Phi) is 3.79. The second-order valence-electron chi connectivity index (χ2n) is 6.83. The summed E-state index contributed by atoms with van der Waals surface area (Å²) in [6, 6.07) is 17.6. The van der Waals surface area contributed by atoms with Gasteiger partial charge in [0.15, 0.2) is 5.78 Å². The van der Waals surface area contributed by atoms with Gasteiger partial charge in [-0.05, 0) is 35.9 Å². The van der Waals surface area contributed by atoms with Gasteiger partial charge >= 0.3 is 0 Å². The van der Waals surface area contributed by atoms with Gasteiger partial charge in [0.05, 0.1) is 23.0 Å². The zero-order chi connectivity index (χ0) is 19.1. The molecule has 0 atom stereocenters. The van der Waals surface area contributed by atoms with Crippen LogP contribution in [0.5, 0.6) is 5.75 Å². The van der Waals surface area contributed by atoms with Crippen molar-refractivity contribution in [3.05, 3.63) is 84.7 Å². The minimum absolute atomic E-state index is 0.0868. The van der Waals surface area contributed by atoms with Crippen molar-refractivity contribution in [2.24, 2.45) is 0 Å². The van der Waals surface area contributed by atoms with Gasteiger partial charge in [0.25, 0.3) is 0 Å². The lowest BCUT2D eigenvalue weighted by Gasteiger charge is -2.20. The number of carbonyl (C=O) groups excluding carboxylic acids is 1. The maximum Gasteiger partial charge on any atom is 0.158 e. The summed E-state index contributed by atoms with van der Waals surface area (Å²) in [7, 11) is 0. The van der Waals surface area contributed by atoms with E-state index in [1.54, 1.807) is 17.1 Å². The number of benzene rings is 2. The van der Waals surface area contributed by atoms with Crippen molar-refractivity contribution in [2.45, 2.75) is 13.0 Å². The van der Waals surface area contributed by atoms with Gasteiger partial charge in [-0.1, -0.05) is 30.8 Å². The molecule has 3 heterocycles. The smallest absolute Gasteiger partial charge is 0.158 e. The van der Waals surface area contributed by atoms with Crippen molar-refractivity contribution < 1.29 is 9.53 Å². The Morgan fingerprint density at radius 3 is 2.89 bits per heavy atom. The Balaban J connectivity index is 1.43. The molecular weight excluding hydrogens is 350 g/mol. The molecule has 4 aromatic rings. The second-order valence-corrected chi connectivity index (χ2v) is 6.83. The molecule has 0 fully saturated rings. The average Bonchev–Trinajstić information content (AvgIpc) is 3.12. The van der Waals surface area contributed by atoms with E-state index in [4.69, 9.17) is 4.74 Å². The fourth-order valence-electron chi connectivity index (χ4n) is 3.62. The van der Waals surface area contributed by atoms with E-state index in [-0.39, 0.29) is 12.3 Å². The van der Waals surface area contributed by atoms with Gasteiger partial charge in [0, 0.05) is 23.6 Å². The van der Waals surface area contributed by atoms with Crippen LogP contribution >= 0.6 is 0 Å². The Hall–Kier alpha value is -3.73. The molecule has 28 heavy (non-hydrogen) atoms. The zero-order valence-electron chi connectivity index (χ0n) is 15.1. The molecule has 0 N–H and O–H groups in total. The van der Waals surface area contributed by atoms with Crippen LogP contribution in [0, 0.1) is 0 Å².